The van der Waals surface area contributed by atoms with Gasteiger partial charge in [-0.05, 0) is 24.6 Å². The quantitative estimate of drug-likeness (QED) is 0.780. The molecule has 18 heavy (non-hydrogen) atoms. The number of hydrogen-bond donors (Lipinski definition) is 1. The van der Waals surface area contributed by atoms with Crippen LogP contribution < -0.4 is 10.5 Å². The Hall–Kier alpha value is -0.780. The van der Waals surface area contributed by atoms with Crippen LogP contribution in [0.2, 0.25) is 5.02 Å². The molecule has 0 fully saturated rings. The number of nitrogens with two attached hydrogens (primary N) is 1. The molecule has 0 amide bonds. The molecule has 0 aromatic heterocycles. The molecule has 0 aliphatic heterocycles. The third-order valence-corrected chi connectivity index (χ3v) is 4.56. The molecule has 0 aliphatic rings. The van der Waals surface area contributed by atoms with Gasteiger partial charge in [-0.2, -0.15) is 0 Å². The minimum Gasteiger partial charge on any atom is -0.493 e. The van der Waals surface area contributed by atoms with E-state index in [4.69, 9.17) is 22.1 Å². The van der Waals surface area contributed by atoms with Crippen LogP contribution in [0.5, 0.6) is 5.75 Å². The zero-order chi connectivity index (χ0) is 13.6. The monoisotopic (exact) mass is 291 g/mol. The van der Waals surface area contributed by atoms with E-state index in [0.29, 0.717) is 30.3 Å². The highest BCUT2D eigenvalue weighted by Crippen LogP contribution is 2.22. The van der Waals surface area contributed by atoms with Crippen molar-refractivity contribution < 1.29 is 13.2 Å². The Bertz CT molecular complexity index is 488. The average molecular weight is 292 g/mol. The highest BCUT2D eigenvalue weighted by atomic mass is 35.5. The van der Waals surface area contributed by atoms with Crippen LogP contribution in [0.4, 0.5) is 0 Å². The lowest BCUT2D eigenvalue weighted by Crippen LogP contribution is -2.12. The second-order valence-corrected chi connectivity index (χ2v) is 6.80. The van der Waals surface area contributed by atoms with E-state index in [1.165, 1.54) is 0 Å². The molecule has 102 valence electrons. The molecule has 1 aromatic carbocycles. The van der Waals surface area contributed by atoms with Crippen LogP contribution in [0, 0.1) is 0 Å². The normalized spacial score (nSPS) is 11.5. The van der Waals surface area contributed by atoms with Gasteiger partial charge < -0.3 is 10.5 Å². The van der Waals surface area contributed by atoms with E-state index in [9.17, 15) is 8.42 Å². The van der Waals surface area contributed by atoms with E-state index in [1.54, 1.807) is 25.1 Å². The lowest BCUT2D eigenvalue weighted by molar-refractivity contribution is 0.314. The van der Waals surface area contributed by atoms with Crippen molar-refractivity contribution in [1.29, 1.82) is 0 Å². The molecule has 0 saturated carbocycles. The summed E-state index contributed by atoms with van der Waals surface area (Å²) in [4.78, 5) is 0. The molecule has 4 nitrogen and oxygen atoms in total. The summed E-state index contributed by atoms with van der Waals surface area (Å²) in [7, 11) is -2.92. The zero-order valence-electron chi connectivity index (χ0n) is 10.4. The molecule has 0 spiro atoms. The van der Waals surface area contributed by atoms with E-state index in [2.05, 4.69) is 0 Å². The first kappa shape index (κ1) is 15.3. The van der Waals surface area contributed by atoms with E-state index < -0.39 is 9.84 Å². The predicted molar refractivity (Wildman–Crippen MR) is 73.8 cm³/mol. The molecule has 2 N–H and O–H groups in total. The summed E-state index contributed by atoms with van der Waals surface area (Å²) in [6.07, 6.45) is 0.475. The molecule has 1 aromatic rings. The maximum atomic E-state index is 11.3. The van der Waals surface area contributed by atoms with Gasteiger partial charge in [0, 0.05) is 22.9 Å². The summed E-state index contributed by atoms with van der Waals surface area (Å²) in [5, 5.41) is 0.608. The Balaban J connectivity index is 2.49. The van der Waals surface area contributed by atoms with Crippen molar-refractivity contribution in [3.05, 3.63) is 28.8 Å². The lowest BCUT2D eigenvalue weighted by atomic mass is 10.2. The van der Waals surface area contributed by atoms with Gasteiger partial charge in [0.25, 0.3) is 0 Å². The summed E-state index contributed by atoms with van der Waals surface area (Å²) in [5.41, 5.74) is 6.40. The van der Waals surface area contributed by atoms with Gasteiger partial charge in [-0.15, -0.1) is 0 Å². The van der Waals surface area contributed by atoms with Gasteiger partial charge in [-0.25, -0.2) is 8.42 Å². The van der Waals surface area contributed by atoms with Gasteiger partial charge in [0.15, 0.2) is 0 Å². The first-order chi connectivity index (χ1) is 8.48. The average Bonchev–Trinajstić information content (AvgIpc) is 2.36. The third kappa shape index (κ3) is 4.84. The van der Waals surface area contributed by atoms with Crippen LogP contribution in [-0.4, -0.2) is 26.5 Å². The van der Waals surface area contributed by atoms with Crippen LogP contribution in [0.3, 0.4) is 0 Å². The Morgan fingerprint density at radius 1 is 1.39 bits per heavy atom. The zero-order valence-corrected chi connectivity index (χ0v) is 11.9. The van der Waals surface area contributed by atoms with Gasteiger partial charge in [0.2, 0.25) is 0 Å². The maximum absolute atomic E-state index is 11.3. The van der Waals surface area contributed by atoms with Crippen molar-refractivity contribution in [3.8, 4) is 5.75 Å². The van der Waals surface area contributed by atoms with E-state index in [1.807, 2.05) is 0 Å². The van der Waals surface area contributed by atoms with Crippen molar-refractivity contribution in [3.63, 3.8) is 0 Å². The fraction of sp³-hybridized carbons (Fsp3) is 0.500. The number of sulfone groups is 1. The van der Waals surface area contributed by atoms with Crippen molar-refractivity contribution in [2.75, 3.05) is 18.1 Å². The topological polar surface area (TPSA) is 69.4 Å². The molecule has 0 atom stereocenters. The number of rotatable bonds is 7. The second-order valence-electron chi connectivity index (χ2n) is 3.89. The first-order valence-electron chi connectivity index (χ1n) is 5.80. The minimum absolute atomic E-state index is 0.148. The van der Waals surface area contributed by atoms with Gasteiger partial charge in [0.05, 0.1) is 12.4 Å². The maximum Gasteiger partial charge on any atom is 0.150 e. The summed E-state index contributed by atoms with van der Waals surface area (Å²) in [6, 6.07) is 5.22. The van der Waals surface area contributed by atoms with Gasteiger partial charge in [-0.1, -0.05) is 18.5 Å². The minimum atomic E-state index is -2.92. The smallest absolute Gasteiger partial charge is 0.150 e. The number of ether oxygens (including phenoxy) is 1. The Morgan fingerprint density at radius 3 is 2.72 bits per heavy atom. The number of hydrogen-bond acceptors (Lipinski definition) is 4. The molecule has 0 aliphatic carbocycles. The third-order valence-electron chi connectivity index (χ3n) is 2.54. The Morgan fingerprint density at radius 2 is 2.11 bits per heavy atom. The standard InChI is InChI=1S/C12H18ClNO3S/c1-2-18(15,16)7-3-6-17-12-5-4-11(13)8-10(12)9-14/h4-5,8H,2-3,6-7,9,14H2,1H3. The fourth-order valence-electron chi connectivity index (χ4n) is 1.45. The van der Waals surface area contributed by atoms with Crippen LogP contribution in [0.15, 0.2) is 18.2 Å². The highest BCUT2D eigenvalue weighted by molar-refractivity contribution is 7.91. The molecule has 0 heterocycles. The number of benzene rings is 1. The van der Waals surface area contributed by atoms with Crippen molar-refractivity contribution in [1.82, 2.24) is 0 Å². The van der Waals surface area contributed by atoms with Crippen LogP contribution >= 0.6 is 11.6 Å². The van der Waals surface area contributed by atoms with Gasteiger partial charge in [-0.3, -0.25) is 0 Å². The van der Waals surface area contributed by atoms with Crippen molar-refractivity contribution in [2.24, 2.45) is 5.73 Å². The Labute approximate surface area is 113 Å². The summed E-state index contributed by atoms with van der Waals surface area (Å²) >= 11 is 5.85. The van der Waals surface area contributed by atoms with Crippen molar-refractivity contribution in [2.45, 2.75) is 19.9 Å². The second kappa shape index (κ2) is 6.97. The Kier molecular flexibility index (Phi) is 5.91. The van der Waals surface area contributed by atoms with Gasteiger partial charge >= 0.3 is 0 Å². The SMILES string of the molecule is CCS(=O)(=O)CCCOc1ccc(Cl)cc1CN. The molecule has 1 rings (SSSR count). The summed E-state index contributed by atoms with van der Waals surface area (Å²) < 4.78 is 28.1. The van der Waals surface area contributed by atoms with Crippen LogP contribution in [-0.2, 0) is 16.4 Å². The lowest BCUT2D eigenvalue weighted by Gasteiger charge is -2.10. The van der Waals surface area contributed by atoms with E-state index in [0.717, 1.165) is 5.56 Å². The molecule has 6 heteroatoms. The molecular weight excluding hydrogens is 274 g/mol. The molecule has 0 unspecified atom stereocenters. The fourth-order valence-corrected chi connectivity index (χ4v) is 2.49. The predicted octanol–water partition coefficient (Wildman–Crippen LogP) is 2.00. The summed E-state index contributed by atoms with van der Waals surface area (Å²) in [5.74, 6) is 0.979. The summed E-state index contributed by atoms with van der Waals surface area (Å²) in [6.45, 7) is 2.33. The largest absolute Gasteiger partial charge is 0.493 e. The molecule has 0 saturated heterocycles. The van der Waals surface area contributed by atoms with E-state index in [-0.39, 0.29) is 11.5 Å². The van der Waals surface area contributed by atoms with Crippen LogP contribution in [0.1, 0.15) is 18.9 Å². The van der Waals surface area contributed by atoms with E-state index >= 15 is 0 Å². The number of halogens is 1. The first-order valence-corrected chi connectivity index (χ1v) is 8.00. The highest BCUT2D eigenvalue weighted by Gasteiger charge is 2.08. The molecule has 0 bridgehead atoms. The van der Waals surface area contributed by atoms with Crippen LogP contribution in [0.25, 0.3) is 0 Å². The van der Waals surface area contributed by atoms with Gasteiger partial charge in [0.1, 0.15) is 15.6 Å². The molecule has 0 radical (unpaired) electrons. The van der Waals surface area contributed by atoms with Crippen molar-refractivity contribution >= 4 is 21.4 Å². The molecular formula is C12H18ClNO3S.